The Morgan fingerprint density at radius 1 is 1.37 bits per heavy atom. The van der Waals surface area contributed by atoms with Crippen molar-refractivity contribution in [2.75, 3.05) is 0 Å². The molecular formula is C17H26N2. The molecule has 3 unspecified atom stereocenters. The SMILES string of the molecule is C[C@@H](NC1C2(C)CCC(C2)C1(C)C)c1cccnc1. The van der Waals surface area contributed by atoms with Gasteiger partial charge in [0.05, 0.1) is 0 Å². The van der Waals surface area contributed by atoms with Crippen molar-refractivity contribution in [3.63, 3.8) is 0 Å². The van der Waals surface area contributed by atoms with Crippen LogP contribution in [0, 0.1) is 16.7 Å². The zero-order valence-corrected chi connectivity index (χ0v) is 12.6. The lowest BCUT2D eigenvalue weighted by atomic mass is 9.68. The summed E-state index contributed by atoms with van der Waals surface area (Å²) in [5.41, 5.74) is 2.21. The van der Waals surface area contributed by atoms with Crippen LogP contribution in [0.1, 0.15) is 58.6 Å². The quantitative estimate of drug-likeness (QED) is 0.888. The van der Waals surface area contributed by atoms with E-state index < -0.39 is 0 Å². The summed E-state index contributed by atoms with van der Waals surface area (Å²) in [6.07, 6.45) is 8.04. The van der Waals surface area contributed by atoms with Gasteiger partial charge < -0.3 is 5.32 Å². The Balaban J connectivity index is 1.80. The molecular weight excluding hydrogens is 232 g/mol. The number of nitrogens with zero attached hydrogens (tertiary/aromatic N) is 1. The van der Waals surface area contributed by atoms with E-state index in [0.29, 0.717) is 22.9 Å². The van der Waals surface area contributed by atoms with E-state index in [0.717, 1.165) is 5.92 Å². The minimum Gasteiger partial charge on any atom is -0.306 e. The second kappa shape index (κ2) is 4.31. The van der Waals surface area contributed by atoms with Gasteiger partial charge in [0.2, 0.25) is 0 Å². The number of nitrogens with one attached hydrogen (secondary N) is 1. The maximum Gasteiger partial charge on any atom is 0.0315 e. The molecule has 2 nitrogen and oxygen atoms in total. The van der Waals surface area contributed by atoms with Crippen molar-refractivity contribution in [3.05, 3.63) is 30.1 Å². The molecule has 0 aliphatic heterocycles. The summed E-state index contributed by atoms with van der Waals surface area (Å²) in [6.45, 7) is 9.66. The first-order chi connectivity index (χ1) is 8.93. The van der Waals surface area contributed by atoms with Gasteiger partial charge in [0.25, 0.3) is 0 Å². The molecule has 0 radical (unpaired) electrons. The summed E-state index contributed by atoms with van der Waals surface area (Å²) in [6, 6.07) is 5.21. The average molecular weight is 258 g/mol. The van der Waals surface area contributed by atoms with Crippen LogP contribution < -0.4 is 5.32 Å². The summed E-state index contributed by atoms with van der Waals surface area (Å²) in [7, 11) is 0. The first kappa shape index (κ1) is 13.1. The molecule has 2 aliphatic rings. The molecule has 1 N–H and O–H groups in total. The molecule has 4 atom stereocenters. The maximum absolute atomic E-state index is 4.24. The van der Waals surface area contributed by atoms with E-state index in [1.807, 2.05) is 18.5 Å². The normalized spacial score (nSPS) is 37.5. The first-order valence-corrected chi connectivity index (χ1v) is 7.59. The van der Waals surface area contributed by atoms with Gasteiger partial charge in [-0.1, -0.05) is 26.8 Å². The number of rotatable bonds is 3. The summed E-state index contributed by atoms with van der Waals surface area (Å²) in [5.74, 6) is 0.899. The van der Waals surface area contributed by atoms with Crippen LogP contribution in [0.25, 0.3) is 0 Å². The smallest absolute Gasteiger partial charge is 0.0315 e. The molecule has 19 heavy (non-hydrogen) atoms. The van der Waals surface area contributed by atoms with E-state index in [-0.39, 0.29) is 0 Å². The van der Waals surface area contributed by atoms with Gasteiger partial charge in [-0.15, -0.1) is 0 Å². The molecule has 0 saturated heterocycles. The minimum absolute atomic E-state index is 0.383. The van der Waals surface area contributed by atoms with Crippen LogP contribution in [0.5, 0.6) is 0 Å². The van der Waals surface area contributed by atoms with E-state index in [4.69, 9.17) is 0 Å². The van der Waals surface area contributed by atoms with Crippen LogP contribution in [-0.2, 0) is 0 Å². The summed E-state index contributed by atoms with van der Waals surface area (Å²) < 4.78 is 0. The fourth-order valence-electron chi connectivity index (χ4n) is 4.70. The molecule has 0 aromatic carbocycles. The number of hydrogen-bond acceptors (Lipinski definition) is 2. The molecule has 2 aliphatic carbocycles. The van der Waals surface area contributed by atoms with E-state index in [2.05, 4.69) is 44.1 Å². The lowest BCUT2D eigenvalue weighted by Crippen LogP contribution is -2.50. The van der Waals surface area contributed by atoms with Crippen LogP contribution in [0.3, 0.4) is 0 Å². The standard InChI is InChI=1S/C17H26N2/c1-12(13-6-5-9-18-11-13)19-15-16(2,3)14-7-8-17(15,4)10-14/h5-6,9,11-12,14-15,19H,7-8,10H2,1-4H3/t12-,14?,15?,17?/m1/s1. The number of pyridine rings is 1. The van der Waals surface area contributed by atoms with E-state index >= 15 is 0 Å². The molecule has 1 aromatic heterocycles. The van der Waals surface area contributed by atoms with Crippen molar-refractivity contribution in [3.8, 4) is 0 Å². The minimum atomic E-state index is 0.383. The highest BCUT2D eigenvalue weighted by molar-refractivity contribution is 5.17. The molecule has 0 spiro atoms. The number of aromatic nitrogens is 1. The molecule has 2 bridgehead atoms. The lowest BCUT2D eigenvalue weighted by molar-refractivity contribution is 0.100. The van der Waals surface area contributed by atoms with Gasteiger partial charge in [0, 0.05) is 24.5 Å². The zero-order valence-electron chi connectivity index (χ0n) is 12.6. The number of hydrogen-bond donors (Lipinski definition) is 1. The molecule has 2 heteroatoms. The highest BCUT2D eigenvalue weighted by atomic mass is 15.0. The average Bonchev–Trinajstić information content (AvgIpc) is 2.87. The van der Waals surface area contributed by atoms with Gasteiger partial charge in [0.15, 0.2) is 0 Å². The summed E-state index contributed by atoms with van der Waals surface area (Å²) in [5, 5.41) is 3.92. The third-order valence-electron chi connectivity index (χ3n) is 5.87. The van der Waals surface area contributed by atoms with Gasteiger partial charge in [-0.3, -0.25) is 4.98 Å². The predicted octanol–water partition coefficient (Wildman–Crippen LogP) is 3.95. The van der Waals surface area contributed by atoms with Crippen LogP contribution in [0.4, 0.5) is 0 Å². The van der Waals surface area contributed by atoms with Gasteiger partial charge in [-0.05, 0) is 54.6 Å². The predicted molar refractivity (Wildman–Crippen MR) is 78.8 cm³/mol. The molecule has 0 amide bonds. The van der Waals surface area contributed by atoms with Crippen molar-refractivity contribution in [1.29, 1.82) is 0 Å². The third kappa shape index (κ3) is 2.01. The molecule has 2 fully saturated rings. The van der Waals surface area contributed by atoms with Gasteiger partial charge in [-0.2, -0.15) is 0 Å². The summed E-state index contributed by atoms with van der Waals surface area (Å²) in [4.78, 5) is 4.24. The second-order valence-electron chi connectivity index (χ2n) is 7.52. The Labute approximate surface area is 117 Å². The molecule has 1 aromatic rings. The van der Waals surface area contributed by atoms with Crippen molar-refractivity contribution >= 4 is 0 Å². The van der Waals surface area contributed by atoms with E-state index in [1.165, 1.54) is 24.8 Å². The van der Waals surface area contributed by atoms with Crippen LogP contribution in [0.15, 0.2) is 24.5 Å². The highest BCUT2D eigenvalue weighted by Crippen LogP contribution is 2.62. The Bertz CT molecular complexity index is 449. The van der Waals surface area contributed by atoms with Crippen molar-refractivity contribution < 1.29 is 0 Å². The van der Waals surface area contributed by atoms with Crippen molar-refractivity contribution in [1.82, 2.24) is 10.3 Å². The Morgan fingerprint density at radius 2 is 2.16 bits per heavy atom. The molecule has 2 saturated carbocycles. The second-order valence-corrected chi connectivity index (χ2v) is 7.52. The fraction of sp³-hybridized carbons (Fsp3) is 0.706. The van der Waals surface area contributed by atoms with Crippen LogP contribution in [0.2, 0.25) is 0 Å². The Morgan fingerprint density at radius 3 is 2.74 bits per heavy atom. The first-order valence-electron chi connectivity index (χ1n) is 7.59. The molecule has 104 valence electrons. The van der Waals surface area contributed by atoms with Crippen LogP contribution >= 0.6 is 0 Å². The Hall–Kier alpha value is -0.890. The molecule has 3 rings (SSSR count). The van der Waals surface area contributed by atoms with Gasteiger partial charge in [-0.25, -0.2) is 0 Å². The van der Waals surface area contributed by atoms with Crippen molar-refractivity contribution in [2.24, 2.45) is 16.7 Å². The van der Waals surface area contributed by atoms with Crippen molar-refractivity contribution in [2.45, 2.75) is 59.0 Å². The van der Waals surface area contributed by atoms with E-state index in [9.17, 15) is 0 Å². The van der Waals surface area contributed by atoms with E-state index in [1.54, 1.807) is 0 Å². The van der Waals surface area contributed by atoms with Gasteiger partial charge in [0.1, 0.15) is 0 Å². The zero-order chi connectivity index (χ0) is 13.7. The monoisotopic (exact) mass is 258 g/mol. The lowest BCUT2D eigenvalue weighted by Gasteiger charge is -2.44. The third-order valence-corrected chi connectivity index (χ3v) is 5.87. The highest BCUT2D eigenvalue weighted by Gasteiger charge is 2.59. The fourth-order valence-corrected chi connectivity index (χ4v) is 4.70. The Kier molecular flexibility index (Phi) is 2.97. The number of fused-ring (bicyclic) bond motifs is 2. The largest absolute Gasteiger partial charge is 0.306 e. The van der Waals surface area contributed by atoms with Crippen LogP contribution in [-0.4, -0.2) is 11.0 Å². The van der Waals surface area contributed by atoms with Gasteiger partial charge >= 0.3 is 0 Å². The summed E-state index contributed by atoms with van der Waals surface area (Å²) >= 11 is 0. The maximum atomic E-state index is 4.24. The molecule has 1 heterocycles. The topological polar surface area (TPSA) is 24.9 Å².